The smallest absolute Gasteiger partial charge is 0.322 e. The standard InChI is InChI=1S/C18H19ClFN3O/c19-15-3-1-2-14(12-15)13-22-8-10-23(11-9-22)18(24)21-17-6-4-16(20)5-7-17/h1-7,12H,8-11,13H2,(H,21,24)/p+1. The van der Waals surface area contributed by atoms with E-state index in [1.54, 1.807) is 17.0 Å². The van der Waals surface area contributed by atoms with E-state index in [2.05, 4.69) is 11.4 Å². The summed E-state index contributed by atoms with van der Waals surface area (Å²) in [6, 6.07) is 13.6. The lowest BCUT2D eigenvalue weighted by atomic mass is 10.2. The Kier molecular flexibility index (Phi) is 5.33. The SMILES string of the molecule is O=C(Nc1ccc(F)cc1)N1CC[NH+](Cc2cccc(Cl)c2)CC1. The maximum atomic E-state index is 12.9. The molecule has 2 aromatic rings. The van der Waals surface area contributed by atoms with E-state index in [9.17, 15) is 9.18 Å². The van der Waals surface area contributed by atoms with Crippen LogP contribution in [0, 0.1) is 5.82 Å². The van der Waals surface area contributed by atoms with Gasteiger partial charge >= 0.3 is 6.03 Å². The number of rotatable bonds is 3. The van der Waals surface area contributed by atoms with Crippen molar-refractivity contribution in [3.05, 3.63) is 64.9 Å². The predicted molar refractivity (Wildman–Crippen MR) is 92.8 cm³/mol. The Morgan fingerprint density at radius 1 is 1.17 bits per heavy atom. The van der Waals surface area contributed by atoms with E-state index in [1.165, 1.54) is 22.6 Å². The molecule has 4 nitrogen and oxygen atoms in total. The summed E-state index contributed by atoms with van der Waals surface area (Å²) in [5.41, 5.74) is 1.82. The molecule has 2 amide bonds. The second-order valence-corrected chi connectivity index (χ2v) is 6.42. The summed E-state index contributed by atoms with van der Waals surface area (Å²) >= 11 is 6.02. The molecule has 1 heterocycles. The summed E-state index contributed by atoms with van der Waals surface area (Å²) in [6.45, 7) is 4.09. The van der Waals surface area contributed by atoms with Crippen molar-refractivity contribution in [1.29, 1.82) is 0 Å². The molecule has 0 radical (unpaired) electrons. The highest BCUT2D eigenvalue weighted by Crippen LogP contribution is 2.11. The molecule has 0 bridgehead atoms. The van der Waals surface area contributed by atoms with Gasteiger partial charge in [0.15, 0.2) is 0 Å². The van der Waals surface area contributed by atoms with Gasteiger partial charge in [-0.15, -0.1) is 0 Å². The number of halogens is 2. The molecule has 0 unspecified atom stereocenters. The second-order valence-electron chi connectivity index (χ2n) is 5.98. The van der Waals surface area contributed by atoms with Crippen molar-refractivity contribution in [1.82, 2.24) is 4.90 Å². The van der Waals surface area contributed by atoms with Crippen LogP contribution >= 0.6 is 11.6 Å². The summed E-state index contributed by atoms with van der Waals surface area (Å²) in [7, 11) is 0. The molecule has 6 heteroatoms. The molecule has 1 fully saturated rings. The Morgan fingerprint density at radius 2 is 1.88 bits per heavy atom. The molecule has 3 rings (SSSR count). The molecule has 1 aliphatic heterocycles. The van der Waals surface area contributed by atoms with Crippen LogP contribution in [0.5, 0.6) is 0 Å². The minimum Gasteiger partial charge on any atom is -0.328 e. The maximum Gasteiger partial charge on any atom is 0.322 e. The fourth-order valence-electron chi connectivity index (χ4n) is 2.87. The highest BCUT2D eigenvalue weighted by atomic mass is 35.5. The first-order valence-electron chi connectivity index (χ1n) is 8.00. The second kappa shape index (κ2) is 7.64. The first kappa shape index (κ1) is 16.7. The molecule has 0 aromatic heterocycles. The number of carbonyl (C=O) groups excluding carboxylic acids is 1. The van der Waals surface area contributed by atoms with Crippen molar-refractivity contribution in [2.24, 2.45) is 0 Å². The fraction of sp³-hybridized carbons (Fsp3) is 0.278. The van der Waals surface area contributed by atoms with Crippen LogP contribution in [-0.4, -0.2) is 37.1 Å². The third kappa shape index (κ3) is 4.46. The Balaban J connectivity index is 1.49. The molecule has 0 spiro atoms. The Morgan fingerprint density at radius 3 is 2.54 bits per heavy atom. The highest BCUT2D eigenvalue weighted by molar-refractivity contribution is 6.30. The van der Waals surface area contributed by atoms with Crippen LogP contribution in [0.2, 0.25) is 5.02 Å². The number of nitrogens with zero attached hydrogens (tertiary/aromatic N) is 1. The zero-order chi connectivity index (χ0) is 16.9. The average molecular weight is 349 g/mol. The molecule has 1 aliphatic rings. The third-order valence-corrected chi connectivity index (χ3v) is 4.43. The summed E-state index contributed by atoms with van der Waals surface area (Å²) < 4.78 is 12.9. The molecule has 2 aromatic carbocycles. The number of hydrogen-bond acceptors (Lipinski definition) is 1. The van der Waals surface area contributed by atoms with Gasteiger partial charge in [-0.3, -0.25) is 0 Å². The third-order valence-electron chi connectivity index (χ3n) is 4.20. The number of quaternary nitrogens is 1. The highest BCUT2D eigenvalue weighted by Gasteiger charge is 2.23. The largest absolute Gasteiger partial charge is 0.328 e. The normalized spacial score (nSPS) is 15.3. The van der Waals surface area contributed by atoms with Crippen LogP contribution in [0.25, 0.3) is 0 Å². The van der Waals surface area contributed by atoms with Crippen LogP contribution in [-0.2, 0) is 6.54 Å². The summed E-state index contributed by atoms with van der Waals surface area (Å²) in [5, 5.41) is 3.56. The number of anilines is 1. The number of benzene rings is 2. The van der Waals surface area contributed by atoms with Gasteiger partial charge in [0.1, 0.15) is 12.4 Å². The molecular formula is C18H20ClFN3O+. The van der Waals surface area contributed by atoms with Gasteiger partial charge in [-0.05, 0) is 36.4 Å². The molecule has 0 aliphatic carbocycles. The molecule has 0 atom stereocenters. The van der Waals surface area contributed by atoms with Crippen molar-refractivity contribution in [3.63, 3.8) is 0 Å². The minimum atomic E-state index is -0.314. The number of nitrogens with one attached hydrogen (secondary N) is 2. The lowest BCUT2D eigenvalue weighted by Crippen LogP contribution is -3.13. The summed E-state index contributed by atoms with van der Waals surface area (Å²) in [4.78, 5) is 15.5. The number of carbonyl (C=O) groups is 1. The van der Waals surface area contributed by atoms with Gasteiger partial charge in [0.2, 0.25) is 0 Å². The topological polar surface area (TPSA) is 36.8 Å². The van der Waals surface area contributed by atoms with Crippen LogP contribution in [0.1, 0.15) is 5.56 Å². The quantitative estimate of drug-likeness (QED) is 0.878. The lowest BCUT2D eigenvalue weighted by molar-refractivity contribution is -0.917. The van der Waals surface area contributed by atoms with Crippen molar-refractivity contribution in [2.75, 3.05) is 31.5 Å². The minimum absolute atomic E-state index is 0.136. The number of piperazine rings is 1. The molecular weight excluding hydrogens is 329 g/mol. The van der Waals surface area contributed by atoms with E-state index in [1.807, 2.05) is 18.2 Å². The molecule has 2 N–H and O–H groups in total. The van der Waals surface area contributed by atoms with Crippen molar-refractivity contribution < 1.29 is 14.1 Å². The zero-order valence-electron chi connectivity index (χ0n) is 13.3. The average Bonchev–Trinajstić information content (AvgIpc) is 2.57. The number of amides is 2. The van der Waals surface area contributed by atoms with Gasteiger partial charge in [0, 0.05) is 16.3 Å². The first-order chi connectivity index (χ1) is 11.6. The van der Waals surface area contributed by atoms with Gasteiger partial charge in [-0.25, -0.2) is 9.18 Å². The van der Waals surface area contributed by atoms with Gasteiger partial charge < -0.3 is 15.1 Å². The molecule has 24 heavy (non-hydrogen) atoms. The van der Waals surface area contributed by atoms with E-state index in [4.69, 9.17) is 11.6 Å². The first-order valence-corrected chi connectivity index (χ1v) is 8.37. The van der Waals surface area contributed by atoms with Crippen LogP contribution < -0.4 is 10.2 Å². The summed E-state index contributed by atoms with van der Waals surface area (Å²) in [6.07, 6.45) is 0. The number of urea groups is 1. The monoisotopic (exact) mass is 348 g/mol. The molecule has 126 valence electrons. The van der Waals surface area contributed by atoms with Gasteiger partial charge in [0.05, 0.1) is 26.2 Å². The summed E-state index contributed by atoms with van der Waals surface area (Å²) in [5.74, 6) is -0.314. The van der Waals surface area contributed by atoms with E-state index in [-0.39, 0.29) is 11.8 Å². The zero-order valence-corrected chi connectivity index (χ0v) is 14.0. The molecule has 1 saturated heterocycles. The fourth-order valence-corrected chi connectivity index (χ4v) is 3.09. The number of hydrogen-bond donors (Lipinski definition) is 2. The Hall–Kier alpha value is -2.11. The van der Waals surface area contributed by atoms with Gasteiger partial charge in [-0.2, -0.15) is 0 Å². The van der Waals surface area contributed by atoms with Crippen LogP contribution in [0.3, 0.4) is 0 Å². The Bertz CT molecular complexity index is 700. The van der Waals surface area contributed by atoms with E-state index >= 15 is 0 Å². The maximum absolute atomic E-state index is 12.9. The van der Waals surface area contributed by atoms with Gasteiger partial charge in [-0.1, -0.05) is 23.7 Å². The predicted octanol–water partition coefficient (Wildman–Crippen LogP) is 2.41. The van der Waals surface area contributed by atoms with Crippen molar-refractivity contribution in [2.45, 2.75) is 6.54 Å². The Labute approximate surface area is 145 Å². The van der Waals surface area contributed by atoms with Crippen molar-refractivity contribution in [3.8, 4) is 0 Å². The van der Waals surface area contributed by atoms with Crippen LogP contribution in [0.4, 0.5) is 14.9 Å². The van der Waals surface area contributed by atoms with Crippen molar-refractivity contribution >= 4 is 23.3 Å². The van der Waals surface area contributed by atoms with Gasteiger partial charge in [0.25, 0.3) is 0 Å². The van der Waals surface area contributed by atoms with Crippen LogP contribution in [0.15, 0.2) is 48.5 Å². The van der Waals surface area contributed by atoms with E-state index in [0.29, 0.717) is 18.8 Å². The van der Waals surface area contributed by atoms with E-state index < -0.39 is 0 Å². The molecule has 0 saturated carbocycles. The lowest BCUT2D eigenvalue weighted by Gasteiger charge is -2.32. The van der Waals surface area contributed by atoms with E-state index in [0.717, 1.165) is 24.7 Å².